The van der Waals surface area contributed by atoms with Crippen LogP contribution in [0.15, 0.2) is 12.4 Å². The first-order valence-electron chi connectivity index (χ1n) is 5.68. The highest BCUT2D eigenvalue weighted by molar-refractivity contribution is 5.86. The molecule has 0 aliphatic carbocycles. The van der Waals surface area contributed by atoms with Gasteiger partial charge in [0.15, 0.2) is 0 Å². The van der Waals surface area contributed by atoms with Gasteiger partial charge in [0, 0.05) is 6.20 Å². The highest BCUT2D eigenvalue weighted by Crippen LogP contribution is 2.15. The lowest BCUT2D eigenvalue weighted by molar-refractivity contribution is -0.155. The zero-order valence-corrected chi connectivity index (χ0v) is 11.0. The zero-order valence-electron chi connectivity index (χ0n) is 11.0. The summed E-state index contributed by atoms with van der Waals surface area (Å²) in [5.41, 5.74) is -0.418. The Kier molecular flexibility index (Phi) is 4.11. The van der Waals surface area contributed by atoms with Crippen molar-refractivity contribution in [2.45, 2.75) is 45.8 Å². The predicted octanol–water partition coefficient (Wildman–Crippen LogP) is 1.87. The molecule has 0 saturated carbocycles. The van der Waals surface area contributed by atoms with Crippen molar-refractivity contribution in [3.8, 4) is 0 Å². The molecule has 0 radical (unpaired) electrons. The molecule has 18 heavy (non-hydrogen) atoms. The monoisotopic (exact) mass is 254 g/mol. The molecule has 0 aliphatic rings. The summed E-state index contributed by atoms with van der Waals surface area (Å²) in [5.74, 6) is -1.37. The quantitative estimate of drug-likeness (QED) is 0.829. The lowest BCUT2D eigenvalue weighted by Crippen LogP contribution is -2.25. The van der Waals surface area contributed by atoms with Gasteiger partial charge in [0.2, 0.25) is 0 Å². The van der Waals surface area contributed by atoms with Crippen LogP contribution in [0.5, 0.6) is 0 Å². The lowest BCUT2D eigenvalue weighted by Gasteiger charge is -2.21. The number of carbonyl (C=O) groups is 2. The van der Waals surface area contributed by atoms with Gasteiger partial charge >= 0.3 is 11.9 Å². The first-order chi connectivity index (χ1) is 8.19. The molecule has 6 nitrogen and oxygen atoms in total. The first-order valence-corrected chi connectivity index (χ1v) is 5.68. The normalized spacial score (nSPS) is 13.1. The molecule has 1 aromatic rings. The van der Waals surface area contributed by atoms with Crippen LogP contribution >= 0.6 is 0 Å². The third kappa shape index (κ3) is 4.20. The van der Waals surface area contributed by atoms with Gasteiger partial charge in [0.25, 0.3) is 0 Å². The summed E-state index contributed by atoms with van der Waals surface area (Å²) in [6.07, 6.45) is 2.81. The van der Waals surface area contributed by atoms with E-state index in [1.807, 2.05) is 0 Å². The fourth-order valence-electron chi connectivity index (χ4n) is 1.41. The van der Waals surface area contributed by atoms with Crippen molar-refractivity contribution in [2.24, 2.45) is 0 Å². The minimum absolute atomic E-state index is 0.103. The van der Waals surface area contributed by atoms with E-state index in [4.69, 9.17) is 9.84 Å². The van der Waals surface area contributed by atoms with Gasteiger partial charge in [-0.1, -0.05) is 0 Å². The first kappa shape index (κ1) is 14.2. The largest absolute Gasteiger partial charge is 0.478 e. The Bertz CT molecular complexity index is 445. The van der Waals surface area contributed by atoms with Gasteiger partial charge in [0.05, 0.1) is 24.2 Å². The molecular formula is C12H18N2O4. The van der Waals surface area contributed by atoms with Crippen molar-refractivity contribution >= 4 is 11.9 Å². The fourth-order valence-corrected chi connectivity index (χ4v) is 1.41. The average Bonchev–Trinajstić information content (AvgIpc) is 2.62. The lowest BCUT2D eigenvalue weighted by atomic mass is 10.2. The number of esters is 1. The number of carboxylic acid groups (broad SMARTS) is 1. The van der Waals surface area contributed by atoms with Crippen molar-refractivity contribution in [1.82, 2.24) is 9.78 Å². The molecule has 1 aromatic heterocycles. The van der Waals surface area contributed by atoms with Crippen LogP contribution in [0.4, 0.5) is 0 Å². The molecule has 0 saturated heterocycles. The maximum atomic E-state index is 11.6. The van der Waals surface area contributed by atoms with Crippen molar-refractivity contribution in [3.05, 3.63) is 18.0 Å². The fraction of sp³-hybridized carbons (Fsp3) is 0.583. The summed E-state index contributed by atoms with van der Waals surface area (Å²) in [4.78, 5) is 22.3. The molecule has 1 N–H and O–H groups in total. The van der Waals surface area contributed by atoms with Crippen molar-refractivity contribution in [1.29, 1.82) is 0 Å². The van der Waals surface area contributed by atoms with E-state index in [9.17, 15) is 9.59 Å². The number of aromatic nitrogens is 2. The second-order valence-corrected chi connectivity index (χ2v) is 5.15. The molecule has 6 heteroatoms. The minimum atomic E-state index is -1.04. The van der Waals surface area contributed by atoms with Crippen molar-refractivity contribution in [3.63, 3.8) is 0 Å². The molecule has 0 fully saturated rings. The SMILES string of the molecule is C[C@@H](CC(=O)OC(C)(C)C)n1cc(C(=O)O)cn1. The minimum Gasteiger partial charge on any atom is -0.478 e. The third-order valence-electron chi connectivity index (χ3n) is 2.18. The van der Waals surface area contributed by atoms with E-state index in [0.29, 0.717) is 0 Å². The molecule has 1 rings (SSSR count). The second-order valence-electron chi connectivity index (χ2n) is 5.15. The molecule has 0 spiro atoms. The van der Waals surface area contributed by atoms with Crippen LogP contribution in [0.1, 0.15) is 50.5 Å². The molecular weight excluding hydrogens is 236 g/mol. The van der Waals surface area contributed by atoms with Crippen LogP contribution in [-0.4, -0.2) is 32.4 Å². The average molecular weight is 254 g/mol. The topological polar surface area (TPSA) is 81.4 Å². The molecule has 0 aliphatic heterocycles. The maximum Gasteiger partial charge on any atom is 0.338 e. The summed E-state index contributed by atoms with van der Waals surface area (Å²) < 4.78 is 6.64. The Hall–Kier alpha value is -1.85. The van der Waals surface area contributed by atoms with Crippen LogP contribution < -0.4 is 0 Å². The maximum absolute atomic E-state index is 11.6. The number of carboxylic acids is 1. The zero-order chi connectivity index (χ0) is 13.9. The molecule has 0 unspecified atom stereocenters. The summed E-state index contributed by atoms with van der Waals surface area (Å²) in [6.45, 7) is 7.17. The highest BCUT2D eigenvalue weighted by Gasteiger charge is 2.20. The molecule has 1 heterocycles. The molecule has 1 atom stereocenters. The number of ether oxygens (including phenoxy) is 1. The van der Waals surface area contributed by atoms with Crippen LogP contribution in [0.2, 0.25) is 0 Å². The number of hydrogen-bond donors (Lipinski definition) is 1. The van der Waals surface area contributed by atoms with Crippen LogP contribution in [0.25, 0.3) is 0 Å². The Morgan fingerprint density at radius 3 is 2.56 bits per heavy atom. The van der Waals surface area contributed by atoms with Crippen molar-refractivity contribution < 1.29 is 19.4 Å². The van der Waals surface area contributed by atoms with Gasteiger partial charge in [-0.15, -0.1) is 0 Å². The van der Waals surface area contributed by atoms with Crippen LogP contribution in [-0.2, 0) is 9.53 Å². The number of hydrogen-bond acceptors (Lipinski definition) is 4. The van der Waals surface area contributed by atoms with E-state index in [-0.39, 0.29) is 24.0 Å². The third-order valence-corrected chi connectivity index (χ3v) is 2.18. The van der Waals surface area contributed by atoms with Gasteiger partial charge in [-0.25, -0.2) is 4.79 Å². The summed E-state index contributed by atoms with van der Waals surface area (Å²) in [7, 11) is 0. The van der Waals surface area contributed by atoms with Crippen LogP contribution in [0.3, 0.4) is 0 Å². The van der Waals surface area contributed by atoms with E-state index in [1.54, 1.807) is 27.7 Å². The standard InChI is InChI=1S/C12H18N2O4/c1-8(5-10(15)18-12(2,3)4)14-7-9(6-13-14)11(16)17/h6-8H,5H2,1-4H3,(H,16,17)/t8-/m0/s1. The van der Waals surface area contributed by atoms with Crippen LogP contribution in [0, 0.1) is 0 Å². The van der Waals surface area contributed by atoms with Gasteiger partial charge < -0.3 is 9.84 Å². The Balaban J connectivity index is 2.62. The summed E-state index contributed by atoms with van der Waals surface area (Å²) >= 11 is 0. The van der Waals surface area contributed by atoms with E-state index in [0.717, 1.165) is 0 Å². The van der Waals surface area contributed by atoms with E-state index in [1.165, 1.54) is 17.1 Å². The Morgan fingerprint density at radius 1 is 1.50 bits per heavy atom. The number of aromatic carboxylic acids is 1. The van der Waals surface area contributed by atoms with Gasteiger partial charge in [-0.05, 0) is 27.7 Å². The number of nitrogens with zero attached hydrogens (tertiary/aromatic N) is 2. The predicted molar refractivity (Wildman–Crippen MR) is 64.4 cm³/mol. The summed E-state index contributed by atoms with van der Waals surface area (Å²) in [6, 6.07) is -0.243. The van der Waals surface area contributed by atoms with E-state index in [2.05, 4.69) is 5.10 Å². The summed E-state index contributed by atoms with van der Waals surface area (Å²) in [5, 5.41) is 12.7. The Morgan fingerprint density at radius 2 is 2.11 bits per heavy atom. The van der Waals surface area contributed by atoms with Gasteiger partial charge in [-0.3, -0.25) is 9.48 Å². The highest BCUT2D eigenvalue weighted by atomic mass is 16.6. The number of rotatable bonds is 4. The number of carbonyl (C=O) groups excluding carboxylic acids is 1. The van der Waals surface area contributed by atoms with E-state index >= 15 is 0 Å². The molecule has 0 bridgehead atoms. The van der Waals surface area contributed by atoms with Crippen molar-refractivity contribution in [2.75, 3.05) is 0 Å². The smallest absolute Gasteiger partial charge is 0.338 e. The molecule has 100 valence electrons. The Labute approximate surface area is 106 Å². The second kappa shape index (κ2) is 5.20. The molecule has 0 aromatic carbocycles. The van der Waals surface area contributed by atoms with Gasteiger partial charge in [0.1, 0.15) is 5.60 Å². The van der Waals surface area contributed by atoms with Gasteiger partial charge in [-0.2, -0.15) is 5.10 Å². The molecule has 0 amide bonds. The van der Waals surface area contributed by atoms with E-state index < -0.39 is 11.6 Å².